The predicted molar refractivity (Wildman–Crippen MR) is 59.1 cm³/mol. The van der Waals surface area contributed by atoms with Gasteiger partial charge in [0.25, 0.3) is 0 Å². The third-order valence-electron chi connectivity index (χ3n) is 2.61. The largest absolute Gasteiger partial charge is 0.383 e. The molecule has 0 saturated heterocycles. The SMILES string of the molecule is CCC(N)(COC)Cc1cc(F)cc(F)c1. The van der Waals surface area contributed by atoms with Crippen molar-refractivity contribution in [1.29, 1.82) is 0 Å². The van der Waals surface area contributed by atoms with E-state index in [1.54, 1.807) is 7.11 Å². The van der Waals surface area contributed by atoms with E-state index >= 15 is 0 Å². The predicted octanol–water partition coefficient (Wildman–Crippen LogP) is 2.26. The molecule has 1 aromatic carbocycles. The summed E-state index contributed by atoms with van der Waals surface area (Å²) < 4.78 is 31.0. The van der Waals surface area contributed by atoms with Crippen LogP contribution in [0.15, 0.2) is 18.2 Å². The molecule has 2 N–H and O–H groups in total. The zero-order valence-electron chi connectivity index (χ0n) is 9.59. The van der Waals surface area contributed by atoms with Crippen LogP contribution in [0.5, 0.6) is 0 Å². The maximum absolute atomic E-state index is 13.0. The summed E-state index contributed by atoms with van der Waals surface area (Å²) in [5.41, 5.74) is 6.05. The molecule has 1 rings (SSSR count). The third kappa shape index (κ3) is 3.54. The zero-order chi connectivity index (χ0) is 12.2. The zero-order valence-corrected chi connectivity index (χ0v) is 9.59. The van der Waals surface area contributed by atoms with E-state index in [-0.39, 0.29) is 0 Å². The van der Waals surface area contributed by atoms with Gasteiger partial charge in [0.2, 0.25) is 0 Å². The van der Waals surface area contributed by atoms with Gasteiger partial charge in [-0.3, -0.25) is 0 Å². The van der Waals surface area contributed by atoms with Gasteiger partial charge in [-0.25, -0.2) is 8.78 Å². The molecular formula is C12H17F2NO. The molecule has 0 spiro atoms. The highest BCUT2D eigenvalue weighted by Gasteiger charge is 2.23. The van der Waals surface area contributed by atoms with E-state index in [9.17, 15) is 8.78 Å². The summed E-state index contributed by atoms with van der Waals surface area (Å²) in [6.45, 7) is 2.29. The molecule has 90 valence electrons. The Hall–Kier alpha value is -1.00. The van der Waals surface area contributed by atoms with E-state index in [0.717, 1.165) is 6.07 Å². The van der Waals surface area contributed by atoms with Gasteiger partial charge in [-0.15, -0.1) is 0 Å². The number of hydrogen-bond donors (Lipinski definition) is 1. The van der Waals surface area contributed by atoms with Crippen LogP contribution in [-0.4, -0.2) is 19.3 Å². The van der Waals surface area contributed by atoms with E-state index in [2.05, 4.69) is 0 Å². The first-order chi connectivity index (χ1) is 7.49. The van der Waals surface area contributed by atoms with Crippen LogP contribution in [0, 0.1) is 11.6 Å². The Morgan fingerprint density at radius 3 is 2.25 bits per heavy atom. The monoisotopic (exact) mass is 229 g/mol. The van der Waals surface area contributed by atoms with Crippen molar-refractivity contribution >= 4 is 0 Å². The fraction of sp³-hybridized carbons (Fsp3) is 0.500. The number of hydrogen-bond acceptors (Lipinski definition) is 2. The summed E-state index contributed by atoms with van der Waals surface area (Å²) >= 11 is 0. The third-order valence-corrected chi connectivity index (χ3v) is 2.61. The highest BCUT2D eigenvalue weighted by molar-refractivity contribution is 5.20. The number of ether oxygens (including phenoxy) is 1. The molecule has 16 heavy (non-hydrogen) atoms. The molecule has 4 heteroatoms. The van der Waals surface area contributed by atoms with Crippen molar-refractivity contribution in [3.63, 3.8) is 0 Å². The van der Waals surface area contributed by atoms with Crippen molar-refractivity contribution in [2.45, 2.75) is 25.3 Å². The highest BCUT2D eigenvalue weighted by atomic mass is 19.1. The number of nitrogens with two attached hydrogens (primary N) is 1. The molecule has 0 saturated carbocycles. The quantitative estimate of drug-likeness (QED) is 0.840. The fourth-order valence-electron chi connectivity index (χ4n) is 1.69. The van der Waals surface area contributed by atoms with Gasteiger partial charge >= 0.3 is 0 Å². The Kier molecular flexibility index (Phi) is 4.38. The van der Waals surface area contributed by atoms with Gasteiger partial charge in [0.15, 0.2) is 0 Å². The molecule has 1 unspecified atom stereocenters. The van der Waals surface area contributed by atoms with E-state index in [0.29, 0.717) is 25.0 Å². The van der Waals surface area contributed by atoms with E-state index in [1.807, 2.05) is 6.92 Å². The van der Waals surface area contributed by atoms with Gasteiger partial charge in [0, 0.05) is 18.7 Å². The molecule has 0 aliphatic heterocycles. The lowest BCUT2D eigenvalue weighted by atomic mass is 9.90. The number of methoxy groups -OCH3 is 1. The topological polar surface area (TPSA) is 35.2 Å². The van der Waals surface area contributed by atoms with Crippen LogP contribution in [0.3, 0.4) is 0 Å². The maximum atomic E-state index is 13.0. The normalized spacial score (nSPS) is 14.8. The average molecular weight is 229 g/mol. The molecule has 0 aliphatic carbocycles. The maximum Gasteiger partial charge on any atom is 0.126 e. The average Bonchev–Trinajstić information content (AvgIpc) is 2.16. The van der Waals surface area contributed by atoms with Crippen LogP contribution < -0.4 is 5.73 Å². The molecule has 0 aliphatic rings. The summed E-state index contributed by atoms with van der Waals surface area (Å²) in [6.07, 6.45) is 1.07. The van der Waals surface area contributed by atoms with Crippen molar-refractivity contribution in [3.05, 3.63) is 35.4 Å². The van der Waals surface area contributed by atoms with Gasteiger partial charge in [-0.1, -0.05) is 6.92 Å². The van der Waals surface area contributed by atoms with Crippen LogP contribution >= 0.6 is 0 Å². The first-order valence-electron chi connectivity index (χ1n) is 5.22. The molecule has 0 amide bonds. The molecule has 0 fully saturated rings. The van der Waals surface area contributed by atoms with E-state index < -0.39 is 17.2 Å². The molecule has 0 aromatic heterocycles. The smallest absolute Gasteiger partial charge is 0.126 e. The lowest BCUT2D eigenvalue weighted by molar-refractivity contribution is 0.129. The second-order valence-corrected chi connectivity index (χ2v) is 4.10. The summed E-state index contributed by atoms with van der Waals surface area (Å²) in [6, 6.07) is 3.45. The molecule has 1 atom stereocenters. The second kappa shape index (κ2) is 5.37. The summed E-state index contributed by atoms with van der Waals surface area (Å²) in [7, 11) is 1.56. The van der Waals surface area contributed by atoms with Crippen LogP contribution in [0.1, 0.15) is 18.9 Å². The Labute approximate surface area is 94.4 Å². The summed E-state index contributed by atoms with van der Waals surface area (Å²) in [5, 5.41) is 0. The Morgan fingerprint density at radius 2 is 1.81 bits per heavy atom. The minimum Gasteiger partial charge on any atom is -0.383 e. The van der Waals surface area contributed by atoms with Crippen LogP contribution in [0.4, 0.5) is 8.78 Å². The molecule has 2 nitrogen and oxygen atoms in total. The summed E-state index contributed by atoms with van der Waals surface area (Å²) in [4.78, 5) is 0. The first kappa shape index (κ1) is 13.1. The molecule has 0 heterocycles. The van der Waals surface area contributed by atoms with Crippen molar-refractivity contribution in [2.75, 3.05) is 13.7 Å². The number of rotatable bonds is 5. The minimum absolute atomic E-state index is 0.363. The number of halogens is 2. The van der Waals surface area contributed by atoms with Crippen molar-refractivity contribution in [1.82, 2.24) is 0 Å². The van der Waals surface area contributed by atoms with Gasteiger partial charge in [-0.05, 0) is 30.5 Å². The van der Waals surface area contributed by atoms with Gasteiger partial charge in [-0.2, -0.15) is 0 Å². The fourth-order valence-corrected chi connectivity index (χ4v) is 1.69. The molecule has 1 aromatic rings. The van der Waals surface area contributed by atoms with Crippen LogP contribution in [-0.2, 0) is 11.2 Å². The molecular weight excluding hydrogens is 212 g/mol. The number of benzene rings is 1. The Balaban J connectivity index is 2.85. The van der Waals surface area contributed by atoms with Crippen LogP contribution in [0.2, 0.25) is 0 Å². The standard InChI is InChI=1S/C12H17F2NO/c1-3-12(15,8-16-2)7-9-4-10(13)6-11(14)5-9/h4-6H,3,7-8,15H2,1-2H3. The van der Waals surface area contributed by atoms with Gasteiger partial charge < -0.3 is 10.5 Å². The molecule has 0 bridgehead atoms. The Morgan fingerprint density at radius 1 is 1.25 bits per heavy atom. The van der Waals surface area contributed by atoms with E-state index in [1.165, 1.54) is 12.1 Å². The van der Waals surface area contributed by atoms with Crippen molar-refractivity contribution in [3.8, 4) is 0 Å². The highest BCUT2D eigenvalue weighted by Crippen LogP contribution is 2.17. The summed E-state index contributed by atoms with van der Waals surface area (Å²) in [5.74, 6) is -1.16. The molecule has 0 radical (unpaired) electrons. The lowest BCUT2D eigenvalue weighted by Gasteiger charge is -2.27. The van der Waals surface area contributed by atoms with Gasteiger partial charge in [0.1, 0.15) is 11.6 Å². The Bertz CT molecular complexity index is 337. The second-order valence-electron chi connectivity index (χ2n) is 4.10. The first-order valence-corrected chi connectivity index (χ1v) is 5.22. The minimum atomic E-state index is -0.578. The van der Waals surface area contributed by atoms with Crippen molar-refractivity contribution in [2.24, 2.45) is 5.73 Å². The van der Waals surface area contributed by atoms with Gasteiger partial charge in [0.05, 0.1) is 6.61 Å². The van der Waals surface area contributed by atoms with E-state index in [4.69, 9.17) is 10.5 Å². The van der Waals surface area contributed by atoms with Crippen LogP contribution in [0.25, 0.3) is 0 Å². The lowest BCUT2D eigenvalue weighted by Crippen LogP contribution is -2.45. The van der Waals surface area contributed by atoms with Crippen molar-refractivity contribution < 1.29 is 13.5 Å².